The SMILES string of the molecule is N[C@@H](CS)C(=O)N([O-])CC(=O)O. The van der Waals surface area contributed by atoms with E-state index in [2.05, 4.69) is 12.6 Å². The predicted octanol–water partition coefficient (Wildman–Crippen LogP) is -1.35. The molecule has 12 heavy (non-hydrogen) atoms. The molecule has 0 heterocycles. The number of hydroxylamine groups is 2. The number of carbonyl (C=O) groups is 2. The monoisotopic (exact) mass is 193 g/mol. The van der Waals surface area contributed by atoms with Crippen molar-refractivity contribution in [2.45, 2.75) is 6.04 Å². The lowest BCUT2D eigenvalue weighted by atomic mass is 10.3. The maximum Gasteiger partial charge on any atom is 0.322 e. The fourth-order valence-electron chi connectivity index (χ4n) is 0.464. The number of rotatable bonds is 4. The largest absolute Gasteiger partial charge is 0.756 e. The van der Waals surface area contributed by atoms with Gasteiger partial charge in [0.15, 0.2) is 0 Å². The van der Waals surface area contributed by atoms with Crippen LogP contribution in [0.15, 0.2) is 0 Å². The van der Waals surface area contributed by atoms with Crippen molar-refractivity contribution < 1.29 is 14.7 Å². The summed E-state index contributed by atoms with van der Waals surface area (Å²) < 4.78 is 0. The number of carbonyl (C=O) groups excluding carboxylic acids is 1. The minimum absolute atomic E-state index is 0.0111. The first-order valence-electron chi connectivity index (χ1n) is 3.05. The minimum atomic E-state index is -1.37. The molecule has 0 bridgehead atoms. The Bertz CT molecular complexity index is 186. The second-order valence-corrected chi connectivity index (χ2v) is 2.42. The van der Waals surface area contributed by atoms with Crippen LogP contribution in [0.1, 0.15) is 0 Å². The van der Waals surface area contributed by atoms with Crippen LogP contribution in [0.4, 0.5) is 0 Å². The van der Waals surface area contributed by atoms with E-state index in [0.717, 1.165) is 0 Å². The van der Waals surface area contributed by atoms with Crippen molar-refractivity contribution in [3.05, 3.63) is 5.21 Å². The Balaban J connectivity index is 4.01. The average Bonchev–Trinajstić information content (AvgIpc) is 2.00. The second-order valence-electron chi connectivity index (χ2n) is 2.06. The van der Waals surface area contributed by atoms with Gasteiger partial charge >= 0.3 is 5.97 Å². The molecule has 0 unspecified atom stereocenters. The maximum absolute atomic E-state index is 10.8. The predicted molar refractivity (Wildman–Crippen MR) is 44.5 cm³/mol. The van der Waals surface area contributed by atoms with E-state index in [4.69, 9.17) is 10.8 Å². The molecule has 0 spiro atoms. The highest BCUT2D eigenvalue weighted by atomic mass is 32.1. The molecule has 3 N–H and O–H groups in total. The molecule has 0 rings (SSSR count). The van der Waals surface area contributed by atoms with Crippen LogP contribution in [0.3, 0.4) is 0 Å². The molecule has 7 heteroatoms. The Morgan fingerprint density at radius 2 is 2.17 bits per heavy atom. The van der Waals surface area contributed by atoms with Crippen molar-refractivity contribution in [1.29, 1.82) is 0 Å². The van der Waals surface area contributed by atoms with E-state index in [1.165, 1.54) is 0 Å². The van der Waals surface area contributed by atoms with Crippen molar-refractivity contribution in [2.24, 2.45) is 5.73 Å². The lowest BCUT2D eigenvalue weighted by Crippen LogP contribution is -2.43. The first-order valence-corrected chi connectivity index (χ1v) is 3.69. The molecule has 0 saturated heterocycles. The minimum Gasteiger partial charge on any atom is -0.756 e. The van der Waals surface area contributed by atoms with Gasteiger partial charge in [-0.25, -0.2) is 0 Å². The van der Waals surface area contributed by atoms with Crippen LogP contribution in [0.25, 0.3) is 0 Å². The summed E-state index contributed by atoms with van der Waals surface area (Å²) in [5, 5.41) is 18.6. The number of thiol groups is 1. The molecular weight excluding hydrogens is 184 g/mol. The molecule has 6 nitrogen and oxygen atoms in total. The van der Waals surface area contributed by atoms with Crippen LogP contribution in [0.5, 0.6) is 0 Å². The summed E-state index contributed by atoms with van der Waals surface area (Å²) in [6.45, 7) is -0.889. The molecule has 0 fully saturated rings. The topological polar surface area (TPSA) is 107 Å². The third kappa shape index (κ3) is 3.56. The van der Waals surface area contributed by atoms with E-state index in [1.54, 1.807) is 0 Å². The molecular formula is C5H9N2O4S-. The molecule has 1 amide bonds. The Hall–Kier alpha value is -0.790. The van der Waals surface area contributed by atoms with Gasteiger partial charge in [0.25, 0.3) is 0 Å². The van der Waals surface area contributed by atoms with Gasteiger partial charge in [0.05, 0.1) is 6.04 Å². The summed E-state index contributed by atoms with van der Waals surface area (Å²) in [5.74, 6) is -2.32. The number of amides is 1. The molecule has 0 saturated carbocycles. The van der Waals surface area contributed by atoms with Gasteiger partial charge in [0, 0.05) is 5.75 Å². The number of hydrogen-bond acceptors (Lipinski definition) is 5. The first-order chi connectivity index (χ1) is 5.49. The third-order valence-corrected chi connectivity index (χ3v) is 1.43. The summed E-state index contributed by atoms with van der Waals surface area (Å²) in [6, 6.07) is -1.04. The van der Waals surface area contributed by atoms with E-state index < -0.39 is 24.5 Å². The van der Waals surface area contributed by atoms with Gasteiger partial charge < -0.3 is 21.1 Å². The van der Waals surface area contributed by atoms with Crippen molar-refractivity contribution in [3.63, 3.8) is 0 Å². The van der Waals surface area contributed by atoms with Gasteiger partial charge in [0.2, 0.25) is 5.91 Å². The van der Waals surface area contributed by atoms with Crippen molar-refractivity contribution >= 4 is 24.5 Å². The average molecular weight is 193 g/mol. The standard InChI is InChI=1S/C5H9N2O4S/c6-3(2-12)5(10)7(11)1-4(8)9/h3,12H,1-2,6H2,(H,8,9)/q-1/t3-/m0/s1. The fraction of sp³-hybridized carbons (Fsp3) is 0.600. The second kappa shape index (κ2) is 4.96. The van der Waals surface area contributed by atoms with Crippen LogP contribution in [-0.4, -0.2) is 40.4 Å². The summed E-state index contributed by atoms with van der Waals surface area (Å²) in [6.07, 6.45) is 0. The molecule has 0 aliphatic rings. The highest BCUT2D eigenvalue weighted by molar-refractivity contribution is 7.80. The Morgan fingerprint density at radius 3 is 2.50 bits per heavy atom. The fourth-order valence-corrected chi connectivity index (χ4v) is 0.620. The van der Waals surface area contributed by atoms with Crippen LogP contribution >= 0.6 is 12.6 Å². The van der Waals surface area contributed by atoms with E-state index in [-0.39, 0.29) is 10.8 Å². The highest BCUT2D eigenvalue weighted by Crippen LogP contribution is 1.92. The van der Waals surface area contributed by atoms with Crippen molar-refractivity contribution in [3.8, 4) is 0 Å². The zero-order chi connectivity index (χ0) is 9.72. The van der Waals surface area contributed by atoms with E-state index in [0.29, 0.717) is 0 Å². The number of nitrogens with zero attached hydrogens (tertiary/aromatic N) is 1. The zero-order valence-electron chi connectivity index (χ0n) is 6.14. The smallest absolute Gasteiger partial charge is 0.322 e. The molecule has 70 valence electrons. The molecule has 0 aliphatic heterocycles. The summed E-state index contributed by atoms with van der Waals surface area (Å²) in [5.41, 5.74) is 5.13. The Labute approximate surface area is 74.3 Å². The van der Waals surface area contributed by atoms with Gasteiger partial charge in [-0.2, -0.15) is 12.6 Å². The van der Waals surface area contributed by atoms with Crippen LogP contribution in [0.2, 0.25) is 0 Å². The summed E-state index contributed by atoms with van der Waals surface area (Å²) in [4.78, 5) is 20.8. The van der Waals surface area contributed by atoms with Gasteiger partial charge in [-0.05, 0) is 0 Å². The number of carboxylic acid groups (broad SMARTS) is 1. The Kier molecular flexibility index (Phi) is 4.64. The number of hydrogen-bond donors (Lipinski definition) is 3. The molecule has 0 aromatic rings. The quantitative estimate of drug-likeness (QED) is 0.378. The van der Waals surface area contributed by atoms with Gasteiger partial charge in [-0.1, -0.05) is 0 Å². The van der Waals surface area contributed by atoms with Crippen LogP contribution in [0, 0.1) is 5.21 Å². The Morgan fingerprint density at radius 1 is 1.67 bits per heavy atom. The van der Waals surface area contributed by atoms with Crippen LogP contribution in [-0.2, 0) is 9.59 Å². The lowest BCUT2D eigenvalue weighted by molar-refractivity contribution is -0.142. The molecule has 0 aromatic heterocycles. The normalized spacial score (nSPS) is 12.2. The molecule has 0 aromatic carbocycles. The zero-order valence-corrected chi connectivity index (χ0v) is 7.03. The molecule has 0 radical (unpaired) electrons. The van der Waals surface area contributed by atoms with E-state index in [9.17, 15) is 14.8 Å². The van der Waals surface area contributed by atoms with Gasteiger partial charge in [0.1, 0.15) is 6.54 Å². The maximum atomic E-state index is 10.8. The lowest BCUT2D eigenvalue weighted by Gasteiger charge is -2.28. The highest BCUT2D eigenvalue weighted by Gasteiger charge is 2.14. The van der Waals surface area contributed by atoms with Crippen molar-refractivity contribution in [2.75, 3.05) is 12.3 Å². The summed E-state index contributed by atoms with van der Waals surface area (Å²) >= 11 is 3.68. The third-order valence-electron chi connectivity index (χ3n) is 1.04. The van der Waals surface area contributed by atoms with E-state index in [1.807, 2.05) is 0 Å². The molecule has 1 atom stereocenters. The number of nitrogens with two attached hydrogens (primary N) is 1. The summed E-state index contributed by atoms with van der Waals surface area (Å²) in [7, 11) is 0. The first kappa shape index (κ1) is 11.2. The van der Waals surface area contributed by atoms with Gasteiger partial charge in [-0.3, -0.25) is 9.59 Å². The van der Waals surface area contributed by atoms with E-state index >= 15 is 0 Å². The van der Waals surface area contributed by atoms with Gasteiger partial charge in [-0.15, -0.1) is 0 Å². The number of aliphatic carboxylic acids is 1. The van der Waals surface area contributed by atoms with Crippen molar-refractivity contribution in [1.82, 2.24) is 5.06 Å². The molecule has 0 aliphatic carbocycles. The number of carboxylic acids is 1. The van der Waals surface area contributed by atoms with Crippen LogP contribution < -0.4 is 5.73 Å².